The summed E-state index contributed by atoms with van der Waals surface area (Å²) in [4.78, 5) is 30.6. The Morgan fingerprint density at radius 1 is 1.17 bits per heavy atom. The van der Waals surface area contributed by atoms with Gasteiger partial charge in [-0.2, -0.15) is 0 Å². The molecular formula is C27H39NO6S. The van der Waals surface area contributed by atoms with Gasteiger partial charge in [-0.3, -0.25) is 9.59 Å². The molecule has 1 aromatic rings. The van der Waals surface area contributed by atoms with Crippen LogP contribution in [-0.2, 0) is 19.1 Å². The molecule has 2 aliphatic heterocycles. The van der Waals surface area contributed by atoms with Crippen molar-refractivity contribution in [2.24, 2.45) is 17.3 Å². The molecule has 8 heteroatoms. The minimum atomic E-state index is -1.79. The maximum atomic E-state index is 13.4. The second kappa shape index (κ2) is 10.0. The third-order valence-electron chi connectivity index (χ3n) is 8.37. The molecule has 35 heavy (non-hydrogen) atoms. The van der Waals surface area contributed by atoms with Crippen molar-refractivity contribution in [3.8, 4) is 0 Å². The number of Topliss-reactive ketones (excluding diaryl/α,β-unsaturated/α-hetero) is 1. The zero-order valence-electron chi connectivity index (χ0n) is 21.3. The van der Waals surface area contributed by atoms with Gasteiger partial charge in [0, 0.05) is 23.1 Å². The molecule has 1 saturated carbocycles. The lowest BCUT2D eigenvalue weighted by Gasteiger charge is -2.42. The SMILES string of the molecule is Cc1nc(C=CC2OC(=O)CCC3(CCC3)C(=O)C(C)CC(C)CCCC3(C)OC3(O)C2O)cs1. The van der Waals surface area contributed by atoms with Gasteiger partial charge in [0.25, 0.3) is 0 Å². The normalized spacial score (nSPS) is 38.7. The van der Waals surface area contributed by atoms with E-state index in [-0.39, 0.29) is 18.1 Å². The lowest BCUT2D eigenvalue weighted by molar-refractivity contribution is -0.164. The number of hydrogen-bond donors (Lipinski definition) is 2. The summed E-state index contributed by atoms with van der Waals surface area (Å²) in [6.45, 7) is 7.86. The van der Waals surface area contributed by atoms with Crippen LogP contribution in [0.5, 0.6) is 0 Å². The van der Waals surface area contributed by atoms with Crippen molar-refractivity contribution in [1.29, 1.82) is 0 Å². The number of ketones is 1. The third kappa shape index (κ3) is 5.41. The quantitative estimate of drug-likeness (QED) is 0.447. The molecule has 0 amide bonds. The first-order valence-corrected chi connectivity index (χ1v) is 13.8. The minimum absolute atomic E-state index is 0.0435. The van der Waals surface area contributed by atoms with E-state index >= 15 is 0 Å². The molecule has 7 nitrogen and oxygen atoms in total. The molecule has 3 heterocycles. The van der Waals surface area contributed by atoms with Crippen LogP contribution < -0.4 is 0 Å². The van der Waals surface area contributed by atoms with Gasteiger partial charge >= 0.3 is 5.97 Å². The maximum Gasteiger partial charge on any atom is 0.306 e. The number of fused-ring (bicyclic) bond motifs is 1. The van der Waals surface area contributed by atoms with Crippen molar-refractivity contribution in [3.63, 3.8) is 0 Å². The summed E-state index contributed by atoms with van der Waals surface area (Å²) in [6, 6.07) is 0. The van der Waals surface area contributed by atoms with E-state index < -0.39 is 35.0 Å². The van der Waals surface area contributed by atoms with E-state index in [2.05, 4.69) is 11.9 Å². The molecule has 0 aromatic carbocycles. The first-order valence-electron chi connectivity index (χ1n) is 12.9. The Hall–Kier alpha value is -1.61. The largest absolute Gasteiger partial charge is 0.455 e. The van der Waals surface area contributed by atoms with Crippen LogP contribution in [0.2, 0.25) is 0 Å². The molecule has 1 aliphatic carbocycles. The summed E-state index contributed by atoms with van der Waals surface area (Å²) in [6.07, 6.45) is 6.99. The highest BCUT2D eigenvalue weighted by molar-refractivity contribution is 7.09. The number of cyclic esters (lactones) is 1. The first-order chi connectivity index (χ1) is 16.5. The molecule has 1 spiro atoms. The number of aliphatic hydroxyl groups is 2. The number of ether oxygens (including phenoxy) is 2. The van der Waals surface area contributed by atoms with Crippen LogP contribution >= 0.6 is 11.3 Å². The van der Waals surface area contributed by atoms with E-state index in [1.807, 2.05) is 19.2 Å². The number of hydrogen-bond acceptors (Lipinski definition) is 8. The van der Waals surface area contributed by atoms with Crippen molar-refractivity contribution < 1.29 is 29.3 Å². The molecule has 6 atom stereocenters. The van der Waals surface area contributed by atoms with Crippen molar-refractivity contribution in [2.75, 3.05) is 0 Å². The number of nitrogens with zero attached hydrogens (tertiary/aromatic N) is 1. The monoisotopic (exact) mass is 505 g/mol. The molecule has 2 N–H and O–H groups in total. The highest BCUT2D eigenvalue weighted by Gasteiger charge is 2.71. The van der Waals surface area contributed by atoms with Crippen molar-refractivity contribution in [3.05, 3.63) is 22.2 Å². The zero-order chi connectivity index (χ0) is 25.4. The molecule has 6 unspecified atom stereocenters. The van der Waals surface area contributed by atoms with Crippen LogP contribution in [0.15, 0.2) is 11.5 Å². The fraction of sp³-hybridized carbons (Fsp3) is 0.741. The van der Waals surface area contributed by atoms with Crippen LogP contribution in [0.1, 0.15) is 89.3 Å². The molecule has 4 rings (SSSR count). The summed E-state index contributed by atoms with van der Waals surface area (Å²) in [7, 11) is 0. The number of epoxide rings is 1. The van der Waals surface area contributed by atoms with E-state index in [0.29, 0.717) is 24.5 Å². The molecule has 194 valence electrons. The number of aromatic nitrogens is 1. The Bertz CT molecular complexity index is 971. The smallest absolute Gasteiger partial charge is 0.306 e. The highest BCUT2D eigenvalue weighted by Crippen LogP contribution is 2.53. The molecule has 0 bridgehead atoms. The Morgan fingerprint density at radius 2 is 1.91 bits per heavy atom. The molecule has 0 radical (unpaired) electrons. The number of rotatable bonds is 2. The first kappa shape index (κ1) is 26.5. The minimum Gasteiger partial charge on any atom is -0.455 e. The Morgan fingerprint density at radius 3 is 2.54 bits per heavy atom. The highest BCUT2D eigenvalue weighted by atomic mass is 32.1. The van der Waals surface area contributed by atoms with Crippen LogP contribution in [0.3, 0.4) is 0 Å². The number of aryl methyl sites for hydroxylation is 1. The zero-order valence-corrected chi connectivity index (χ0v) is 22.1. The van der Waals surface area contributed by atoms with Gasteiger partial charge in [0.2, 0.25) is 5.79 Å². The maximum absolute atomic E-state index is 13.4. The fourth-order valence-corrected chi connectivity index (χ4v) is 6.50. The number of carbonyl (C=O) groups excluding carboxylic acids is 2. The third-order valence-corrected chi connectivity index (χ3v) is 9.16. The van der Waals surface area contributed by atoms with Gasteiger partial charge in [0.1, 0.15) is 11.4 Å². The Kier molecular flexibility index (Phi) is 7.59. The standard InChI is InChI=1S/C27H39NO6S/c1-17-7-5-11-25(4)27(32,34-25)24(31)21(9-8-20-16-35-19(3)28-20)33-22(29)10-14-26(12-6-13-26)23(30)18(2)15-17/h8-9,16-18,21,24,31-32H,5-7,10-15H2,1-4H3. The van der Waals surface area contributed by atoms with Crippen LogP contribution in [0.4, 0.5) is 0 Å². The molecule has 1 aromatic heterocycles. The van der Waals surface area contributed by atoms with E-state index in [1.165, 1.54) is 11.3 Å². The van der Waals surface area contributed by atoms with Crippen molar-refractivity contribution >= 4 is 29.2 Å². The lowest BCUT2D eigenvalue weighted by Crippen LogP contribution is -2.46. The second-order valence-corrected chi connectivity index (χ2v) is 12.3. The molecule has 3 aliphatic rings. The summed E-state index contributed by atoms with van der Waals surface area (Å²) in [5, 5.41) is 25.1. The van der Waals surface area contributed by atoms with Crippen LogP contribution in [0, 0.1) is 24.2 Å². The predicted molar refractivity (Wildman–Crippen MR) is 134 cm³/mol. The van der Waals surface area contributed by atoms with E-state index in [4.69, 9.17) is 9.47 Å². The summed E-state index contributed by atoms with van der Waals surface area (Å²) < 4.78 is 11.4. The average molecular weight is 506 g/mol. The van der Waals surface area contributed by atoms with E-state index in [0.717, 1.165) is 43.5 Å². The number of carbonyl (C=O) groups is 2. The van der Waals surface area contributed by atoms with Gasteiger partial charge < -0.3 is 19.7 Å². The van der Waals surface area contributed by atoms with Crippen molar-refractivity contribution in [1.82, 2.24) is 4.98 Å². The second-order valence-electron chi connectivity index (χ2n) is 11.2. The molecular weight excluding hydrogens is 466 g/mol. The van der Waals surface area contributed by atoms with E-state index in [9.17, 15) is 19.8 Å². The Labute approximate surface area is 211 Å². The van der Waals surface area contributed by atoms with Gasteiger partial charge in [-0.1, -0.05) is 33.1 Å². The predicted octanol–water partition coefficient (Wildman–Crippen LogP) is 4.58. The average Bonchev–Trinajstić information content (AvgIpc) is 3.09. The van der Waals surface area contributed by atoms with E-state index in [1.54, 1.807) is 19.1 Å². The van der Waals surface area contributed by atoms with Gasteiger partial charge in [-0.25, -0.2) is 4.98 Å². The van der Waals surface area contributed by atoms with Crippen LogP contribution in [0.25, 0.3) is 6.08 Å². The lowest BCUT2D eigenvalue weighted by atomic mass is 9.60. The summed E-state index contributed by atoms with van der Waals surface area (Å²) in [5.74, 6) is -1.69. The van der Waals surface area contributed by atoms with Crippen LogP contribution in [-0.4, -0.2) is 50.5 Å². The number of esters is 1. The Balaban J connectivity index is 1.57. The van der Waals surface area contributed by atoms with Gasteiger partial charge in [0.05, 0.1) is 10.7 Å². The fourth-order valence-electron chi connectivity index (χ4n) is 5.92. The van der Waals surface area contributed by atoms with Gasteiger partial charge in [0.15, 0.2) is 12.2 Å². The summed E-state index contributed by atoms with van der Waals surface area (Å²) in [5.41, 5.74) is -0.666. The van der Waals surface area contributed by atoms with Gasteiger partial charge in [-0.15, -0.1) is 11.3 Å². The van der Waals surface area contributed by atoms with Crippen molar-refractivity contribution in [2.45, 2.75) is 109 Å². The summed E-state index contributed by atoms with van der Waals surface area (Å²) >= 11 is 1.50. The number of thiazole rings is 1. The topological polar surface area (TPSA) is 109 Å². The molecule has 3 fully saturated rings. The number of aliphatic hydroxyl groups excluding tert-OH is 1. The van der Waals surface area contributed by atoms with Gasteiger partial charge in [-0.05, 0) is 64.0 Å². The molecule has 2 saturated heterocycles.